The summed E-state index contributed by atoms with van der Waals surface area (Å²) in [5.41, 5.74) is -2.31. The first-order valence-corrected chi connectivity index (χ1v) is 11.3. The minimum absolute atomic E-state index is 0.0644. The highest BCUT2D eigenvalue weighted by atomic mass is 35.5. The first-order chi connectivity index (χ1) is 16.5. The van der Waals surface area contributed by atoms with Crippen LogP contribution in [0.5, 0.6) is 0 Å². The van der Waals surface area contributed by atoms with Crippen LogP contribution >= 0.6 is 11.6 Å². The van der Waals surface area contributed by atoms with Crippen LogP contribution in [0.3, 0.4) is 0 Å². The Labute approximate surface area is 199 Å². The number of amides is 1. The van der Waals surface area contributed by atoms with Gasteiger partial charge in [-0.25, -0.2) is 35.5 Å². The zero-order chi connectivity index (χ0) is 25.3. The molecule has 3 heterocycles. The SMILES string of the molecule is O=C(Nc1ccc(S(=O)(=O)Nc2ccc(Cl)nn2)cc1)c1cc2nc(C(F)F)cc(C(F)F)n2n1. The number of rotatable bonds is 7. The molecule has 0 bridgehead atoms. The van der Waals surface area contributed by atoms with Crippen molar-refractivity contribution in [2.24, 2.45) is 0 Å². The molecule has 4 aromatic rings. The third-order valence-corrected chi connectivity index (χ3v) is 6.02. The second kappa shape index (κ2) is 9.42. The van der Waals surface area contributed by atoms with Gasteiger partial charge in [0.1, 0.15) is 11.4 Å². The van der Waals surface area contributed by atoms with Gasteiger partial charge in [0.15, 0.2) is 22.3 Å². The molecule has 0 aliphatic heterocycles. The predicted molar refractivity (Wildman–Crippen MR) is 115 cm³/mol. The number of carbonyl (C=O) groups is 1. The topological polar surface area (TPSA) is 131 Å². The second-order valence-corrected chi connectivity index (χ2v) is 8.90. The van der Waals surface area contributed by atoms with E-state index in [-0.39, 0.29) is 32.9 Å². The van der Waals surface area contributed by atoms with E-state index in [4.69, 9.17) is 11.6 Å². The first kappa shape index (κ1) is 24.3. The molecule has 10 nitrogen and oxygen atoms in total. The van der Waals surface area contributed by atoms with Crippen LogP contribution in [0.4, 0.5) is 29.1 Å². The fraction of sp³-hybridized carbons (Fsp3) is 0.105. The predicted octanol–water partition coefficient (Wildman–Crippen LogP) is 4.10. The Balaban J connectivity index is 1.53. The molecule has 0 unspecified atom stereocenters. The Bertz CT molecular complexity index is 1500. The summed E-state index contributed by atoms with van der Waals surface area (Å²) in [6, 6.07) is 9.07. The van der Waals surface area contributed by atoms with E-state index in [2.05, 4.69) is 30.3 Å². The van der Waals surface area contributed by atoms with Gasteiger partial charge < -0.3 is 5.32 Å². The van der Waals surface area contributed by atoms with Crippen molar-refractivity contribution in [3.05, 3.63) is 70.8 Å². The Hall–Kier alpha value is -3.85. The van der Waals surface area contributed by atoms with E-state index in [1.165, 1.54) is 36.4 Å². The average molecular weight is 530 g/mol. The van der Waals surface area contributed by atoms with Crippen molar-refractivity contribution < 1.29 is 30.8 Å². The molecule has 182 valence electrons. The summed E-state index contributed by atoms with van der Waals surface area (Å²) in [5, 5.41) is 13.3. The lowest BCUT2D eigenvalue weighted by molar-refractivity contribution is 0.102. The van der Waals surface area contributed by atoms with Crippen LogP contribution in [-0.2, 0) is 10.0 Å². The van der Waals surface area contributed by atoms with Crippen LogP contribution in [0.15, 0.2) is 53.4 Å². The number of nitrogens with one attached hydrogen (secondary N) is 2. The van der Waals surface area contributed by atoms with E-state index in [1.54, 1.807) is 0 Å². The molecule has 1 amide bonds. The van der Waals surface area contributed by atoms with Crippen LogP contribution in [0, 0.1) is 0 Å². The molecule has 1 aromatic carbocycles. The van der Waals surface area contributed by atoms with E-state index >= 15 is 0 Å². The van der Waals surface area contributed by atoms with Crippen molar-refractivity contribution in [2.45, 2.75) is 17.7 Å². The Morgan fingerprint density at radius 2 is 1.69 bits per heavy atom. The molecule has 3 aromatic heterocycles. The minimum Gasteiger partial charge on any atom is -0.321 e. The molecule has 0 saturated heterocycles. The number of benzene rings is 1. The third kappa shape index (κ3) is 5.30. The van der Waals surface area contributed by atoms with Crippen molar-refractivity contribution in [3.8, 4) is 0 Å². The van der Waals surface area contributed by atoms with Crippen LogP contribution in [0.1, 0.15) is 34.7 Å². The zero-order valence-corrected chi connectivity index (χ0v) is 18.6. The van der Waals surface area contributed by atoms with E-state index < -0.39 is 40.2 Å². The fourth-order valence-electron chi connectivity index (χ4n) is 2.88. The number of carbonyl (C=O) groups excluding carboxylic acids is 1. The maximum absolute atomic E-state index is 13.3. The zero-order valence-electron chi connectivity index (χ0n) is 17.0. The summed E-state index contributed by atoms with van der Waals surface area (Å²) >= 11 is 5.61. The number of sulfonamides is 1. The normalized spacial score (nSPS) is 11.9. The number of alkyl halides is 4. The maximum Gasteiger partial charge on any atom is 0.280 e. The van der Waals surface area contributed by atoms with Gasteiger partial charge in [-0.15, -0.1) is 10.2 Å². The highest BCUT2D eigenvalue weighted by molar-refractivity contribution is 7.92. The highest BCUT2D eigenvalue weighted by Gasteiger charge is 2.22. The molecular weight excluding hydrogens is 518 g/mol. The van der Waals surface area contributed by atoms with Crippen LogP contribution in [0.25, 0.3) is 5.65 Å². The summed E-state index contributed by atoms with van der Waals surface area (Å²) in [6.07, 6.45) is -6.24. The Morgan fingerprint density at radius 1 is 0.971 bits per heavy atom. The van der Waals surface area contributed by atoms with Gasteiger partial charge in [-0.2, -0.15) is 5.10 Å². The summed E-state index contributed by atoms with van der Waals surface area (Å²) in [5.74, 6) is -0.926. The average Bonchev–Trinajstić information content (AvgIpc) is 3.24. The molecule has 0 spiro atoms. The first-order valence-electron chi connectivity index (χ1n) is 9.44. The number of hydrogen-bond donors (Lipinski definition) is 2. The van der Waals surface area contributed by atoms with Gasteiger partial charge in [-0.1, -0.05) is 11.6 Å². The van der Waals surface area contributed by atoms with Gasteiger partial charge in [0.05, 0.1) is 4.90 Å². The number of aromatic nitrogens is 5. The summed E-state index contributed by atoms with van der Waals surface area (Å²) in [4.78, 5) is 15.9. The number of halogens is 5. The lowest BCUT2D eigenvalue weighted by Crippen LogP contribution is -2.15. The Kier molecular flexibility index (Phi) is 6.53. The number of hydrogen-bond acceptors (Lipinski definition) is 7. The molecule has 0 fully saturated rings. The monoisotopic (exact) mass is 529 g/mol. The van der Waals surface area contributed by atoms with Gasteiger partial charge in [-0.05, 0) is 42.5 Å². The fourth-order valence-corrected chi connectivity index (χ4v) is 3.97. The standard InChI is InChI=1S/C19H12ClF4N7O3S/c20-14-5-6-15(28-27-14)30-35(33,34)10-3-1-9(2-4-10)25-19(32)12-8-16-26-11(17(21)22)7-13(18(23)24)31(16)29-12/h1-8,17-18H,(H,25,32)(H,28,30). The van der Waals surface area contributed by atoms with E-state index in [1.807, 2.05) is 0 Å². The second-order valence-electron chi connectivity index (χ2n) is 6.83. The smallest absolute Gasteiger partial charge is 0.280 e. The largest absolute Gasteiger partial charge is 0.321 e. The molecule has 0 atom stereocenters. The van der Waals surface area contributed by atoms with Gasteiger partial charge in [-0.3, -0.25) is 9.52 Å². The van der Waals surface area contributed by atoms with E-state index in [0.717, 1.165) is 6.07 Å². The van der Waals surface area contributed by atoms with Crippen molar-refractivity contribution >= 4 is 44.7 Å². The van der Waals surface area contributed by atoms with Crippen LogP contribution in [-0.4, -0.2) is 39.1 Å². The summed E-state index contributed by atoms with van der Waals surface area (Å²) in [7, 11) is -4.03. The molecule has 4 rings (SSSR count). The lowest BCUT2D eigenvalue weighted by atomic mass is 10.3. The van der Waals surface area contributed by atoms with Crippen molar-refractivity contribution in [2.75, 3.05) is 10.0 Å². The Morgan fingerprint density at radius 3 is 2.29 bits per heavy atom. The van der Waals surface area contributed by atoms with Crippen molar-refractivity contribution in [3.63, 3.8) is 0 Å². The summed E-state index contributed by atoms with van der Waals surface area (Å²) in [6.45, 7) is 0. The van der Waals surface area contributed by atoms with Gasteiger partial charge in [0.25, 0.3) is 28.8 Å². The highest BCUT2D eigenvalue weighted by Crippen LogP contribution is 2.26. The molecule has 16 heteroatoms. The molecule has 0 saturated carbocycles. The molecule has 0 aliphatic carbocycles. The quantitative estimate of drug-likeness (QED) is 0.344. The molecule has 0 radical (unpaired) electrons. The van der Waals surface area contributed by atoms with Crippen molar-refractivity contribution in [1.29, 1.82) is 0 Å². The lowest BCUT2D eigenvalue weighted by Gasteiger charge is -2.08. The van der Waals surface area contributed by atoms with Gasteiger partial charge in [0.2, 0.25) is 0 Å². The van der Waals surface area contributed by atoms with E-state index in [0.29, 0.717) is 10.6 Å². The van der Waals surface area contributed by atoms with Crippen LogP contribution < -0.4 is 10.0 Å². The molecule has 35 heavy (non-hydrogen) atoms. The minimum atomic E-state index is -4.03. The molecular formula is C19H12ClF4N7O3S. The summed E-state index contributed by atoms with van der Waals surface area (Å²) < 4.78 is 80.3. The van der Waals surface area contributed by atoms with E-state index in [9.17, 15) is 30.8 Å². The third-order valence-electron chi connectivity index (χ3n) is 4.45. The number of nitrogens with zero attached hydrogens (tertiary/aromatic N) is 5. The molecule has 0 aliphatic rings. The van der Waals surface area contributed by atoms with Gasteiger partial charge >= 0.3 is 0 Å². The number of anilines is 2. The van der Waals surface area contributed by atoms with Crippen molar-refractivity contribution in [1.82, 2.24) is 24.8 Å². The number of fused-ring (bicyclic) bond motifs is 1. The molecule has 2 N–H and O–H groups in total. The van der Waals surface area contributed by atoms with Crippen LogP contribution in [0.2, 0.25) is 5.15 Å². The van der Waals surface area contributed by atoms with Gasteiger partial charge in [0, 0.05) is 11.8 Å². The maximum atomic E-state index is 13.3.